The van der Waals surface area contributed by atoms with Crippen LogP contribution in [0.3, 0.4) is 0 Å². The molecule has 0 heterocycles. The number of benzene rings is 1. The van der Waals surface area contributed by atoms with Gasteiger partial charge in [0, 0.05) is 23.6 Å². The maximum atomic E-state index is 5.80. The van der Waals surface area contributed by atoms with Gasteiger partial charge in [-0.2, -0.15) is 0 Å². The normalized spacial score (nSPS) is 23.8. The third-order valence-electron chi connectivity index (χ3n) is 3.56. The number of halogens is 1. The van der Waals surface area contributed by atoms with E-state index in [2.05, 4.69) is 52.1 Å². The third kappa shape index (κ3) is 3.80. The Hall–Kier alpha value is -0.380. The maximum absolute atomic E-state index is 5.80. The van der Waals surface area contributed by atoms with Gasteiger partial charge in [0.25, 0.3) is 0 Å². The fourth-order valence-electron chi connectivity index (χ4n) is 2.48. The summed E-state index contributed by atoms with van der Waals surface area (Å²) in [6, 6.07) is 8.94. The highest BCUT2D eigenvalue weighted by Gasteiger charge is 2.26. The molecule has 1 aliphatic rings. The van der Waals surface area contributed by atoms with Crippen LogP contribution in [0.5, 0.6) is 0 Å². The number of rotatable bonds is 5. The summed E-state index contributed by atoms with van der Waals surface area (Å²) in [6.07, 6.45) is 3.52. The van der Waals surface area contributed by atoms with Crippen LogP contribution >= 0.6 is 15.9 Å². The van der Waals surface area contributed by atoms with Crippen molar-refractivity contribution in [2.75, 3.05) is 20.1 Å². The van der Waals surface area contributed by atoms with Gasteiger partial charge in [-0.1, -0.05) is 34.1 Å². The second-order valence-electron chi connectivity index (χ2n) is 5.20. The highest BCUT2D eigenvalue weighted by Crippen LogP contribution is 2.26. The first-order valence-corrected chi connectivity index (χ1v) is 7.12. The van der Waals surface area contributed by atoms with E-state index in [4.69, 9.17) is 5.73 Å². The van der Waals surface area contributed by atoms with E-state index in [0.717, 1.165) is 18.9 Å². The standard InChI is InChI=1S/C14H21BrN2/c1-17(10-11-8-13(16)9-11)7-6-12-4-2-3-5-14(12)15/h2-5,11,13H,6-10,16H2,1H3. The minimum atomic E-state index is 0.469. The van der Waals surface area contributed by atoms with Gasteiger partial charge in [-0.15, -0.1) is 0 Å². The molecule has 3 heteroatoms. The van der Waals surface area contributed by atoms with Crippen molar-refractivity contribution >= 4 is 15.9 Å². The van der Waals surface area contributed by atoms with Gasteiger partial charge in [-0.3, -0.25) is 0 Å². The molecule has 0 radical (unpaired) electrons. The molecule has 0 atom stereocenters. The van der Waals surface area contributed by atoms with E-state index >= 15 is 0 Å². The molecule has 1 aromatic carbocycles. The predicted octanol–water partition coefficient (Wildman–Crippen LogP) is 2.66. The Morgan fingerprint density at radius 2 is 2.06 bits per heavy atom. The smallest absolute Gasteiger partial charge is 0.0207 e. The van der Waals surface area contributed by atoms with Crippen molar-refractivity contribution in [1.29, 1.82) is 0 Å². The number of hydrogen-bond donors (Lipinski definition) is 1. The molecule has 0 saturated heterocycles. The van der Waals surface area contributed by atoms with Crippen molar-refractivity contribution in [3.8, 4) is 0 Å². The summed E-state index contributed by atoms with van der Waals surface area (Å²) >= 11 is 3.59. The lowest BCUT2D eigenvalue weighted by Crippen LogP contribution is -2.42. The van der Waals surface area contributed by atoms with Crippen LogP contribution < -0.4 is 5.73 Å². The Labute approximate surface area is 112 Å². The highest BCUT2D eigenvalue weighted by molar-refractivity contribution is 9.10. The number of nitrogens with zero attached hydrogens (tertiary/aromatic N) is 1. The molecule has 1 aliphatic carbocycles. The fraction of sp³-hybridized carbons (Fsp3) is 0.571. The summed E-state index contributed by atoms with van der Waals surface area (Å²) < 4.78 is 1.22. The summed E-state index contributed by atoms with van der Waals surface area (Å²) in [5, 5.41) is 0. The van der Waals surface area contributed by atoms with Crippen molar-refractivity contribution in [2.24, 2.45) is 11.7 Å². The summed E-state index contributed by atoms with van der Waals surface area (Å²) in [4.78, 5) is 2.43. The van der Waals surface area contributed by atoms with Gasteiger partial charge in [-0.05, 0) is 43.9 Å². The molecule has 0 aromatic heterocycles. The lowest BCUT2D eigenvalue weighted by atomic mass is 9.80. The number of hydrogen-bond acceptors (Lipinski definition) is 2. The topological polar surface area (TPSA) is 29.3 Å². The van der Waals surface area contributed by atoms with Gasteiger partial charge in [0.1, 0.15) is 0 Å². The molecule has 0 aliphatic heterocycles. The molecule has 0 spiro atoms. The lowest BCUT2D eigenvalue weighted by molar-refractivity contribution is 0.183. The zero-order valence-electron chi connectivity index (χ0n) is 10.4. The predicted molar refractivity (Wildman–Crippen MR) is 76.0 cm³/mol. The van der Waals surface area contributed by atoms with Crippen molar-refractivity contribution < 1.29 is 0 Å². The van der Waals surface area contributed by atoms with Gasteiger partial charge < -0.3 is 10.6 Å². The van der Waals surface area contributed by atoms with Crippen LogP contribution in [0.2, 0.25) is 0 Å². The van der Waals surface area contributed by atoms with E-state index in [1.165, 1.54) is 29.4 Å². The molecule has 94 valence electrons. The SMILES string of the molecule is CN(CCc1ccccc1Br)CC1CC(N)C1. The molecule has 0 unspecified atom stereocenters. The summed E-state index contributed by atoms with van der Waals surface area (Å²) in [7, 11) is 2.21. The van der Waals surface area contributed by atoms with Crippen LogP contribution in [-0.2, 0) is 6.42 Å². The minimum Gasteiger partial charge on any atom is -0.328 e. The van der Waals surface area contributed by atoms with Gasteiger partial charge in [0.2, 0.25) is 0 Å². The molecular weight excluding hydrogens is 276 g/mol. The van der Waals surface area contributed by atoms with Gasteiger partial charge in [0.05, 0.1) is 0 Å². The molecular formula is C14H21BrN2. The van der Waals surface area contributed by atoms with Crippen molar-refractivity contribution in [3.63, 3.8) is 0 Å². The van der Waals surface area contributed by atoms with Crippen LogP contribution in [-0.4, -0.2) is 31.1 Å². The lowest BCUT2D eigenvalue weighted by Gasteiger charge is -2.35. The Bertz CT molecular complexity index is 361. The molecule has 0 amide bonds. The Balaban J connectivity index is 1.72. The fourth-order valence-corrected chi connectivity index (χ4v) is 2.96. The van der Waals surface area contributed by atoms with E-state index in [0.29, 0.717) is 6.04 Å². The molecule has 1 fully saturated rings. The van der Waals surface area contributed by atoms with Crippen LogP contribution in [0.15, 0.2) is 28.7 Å². The summed E-state index contributed by atoms with van der Waals surface area (Å²) in [5.41, 5.74) is 7.20. The van der Waals surface area contributed by atoms with Crippen LogP contribution in [0.1, 0.15) is 18.4 Å². The zero-order chi connectivity index (χ0) is 12.3. The zero-order valence-corrected chi connectivity index (χ0v) is 12.0. The quantitative estimate of drug-likeness (QED) is 0.905. The van der Waals surface area contributed by atoms with E-state index in [1.807, 2.05) is 0 Å². The Morgan fingerprint density at radius 3 is 2.71 bits per heavy atom. The average molecular weight is 297 g/mol. The van der Waals surface area contributed by atoms with Gasteiger partial charge >= 0.3 is 0 Å². The van der Waals surface area contributed by atoms with E-state index in [1.54, 1.807) is 0 Å². The first-order chi connectivity index (χ1) is 8.15. The molecule has 0 bridgehead atoms. The van der Waals surface area contributed by atoms with Crippen molar-refractivity contribution in [1.82, 2.24) is 4.90 Å². The van der Waals surface area contributed by atoms with E-state index in [-0.39, 0.29) is 0 Å². The van der Waals surface area contributed by atoms with Crippen LogP contribution in [0.4, 0.5) is 0 Å². The Morgan fingerprint density at radius 1 is 1.35 bits per heavy atom. The van der Waals surface area contributed by atoms with Crippen LogP contribution in [0, 0.1) is 5.92 Å². The monoisotopic (exact) mass is 296 g/mol. The average Bonchev–Trinajstić information content (AvgIpc) is 2.26. The highest BCUT2D eigenvalue weighted by atomic mass is 79.9. The summed E-state index contributed by atoms with van der Waals surface area (Å²) in [6.45, 7) is 2.31. The van der Waals surface area contributed by atoms with Crippen molar-refractivity contribution in [2.45, 2.75) is 25.3 Å². The van der Waals surface area contributed by atoms with E-state index in [9.17, 15) is 0 Å². The molecule has 2 N–H and O–H groups in total. The minimum absolute atomic E-state index is 0.469. The second-order valence-corrected chi connectivity index (χ2v) is 6.06. The number of nitrogens with two attached hydrogens (primary N) is 1. The molecule has 1 aromatic rings. The molecule has 17 heavy (non-hydrogen) atoms. The number of likely N-dealkylation sites (N-methyl/N-ethyl adjacent to an activating group) is 1. The maximum Gasteiger partial charge on any atom is 0.0207 e. The first kappa shape index (κ1) is 13.1. The van der Waals surface area contributed by atoms with E-state index < -0.39 is 0 Å². The first-order valence-electron chi connectivity index (χ1n) is 6.32. The van der Waals surface area contributed by atoms with Gasteiger partial charge in [-0.25, -0.2) is 0 Å². The third-order valence-corrected chi connectivity index (χ3v) is 4.34. The molecule has 1 saturated carbocycles. The van der Waals surface area contributed by atoms with Gasteiger partial charge in [0.15, 0.2) is 0 Å². The largest absolute Gasteiger partial charge is 0.328 e. The summed E-state index contributed by atoms with van der Waals surface area (Å²) in [5.74, 6) is 0.828. The van der Waals surface area contributed by atoms with Crippen molar-refractivity contribution in [3.05, 3.63) is 34.3 Å². The van der Waals surface area contributed by atoms with Crippen LogP contribution in [0.25, 0.3) is 0 Å². The molecule has 2 nitrogen and oxygen atoms in total. The second kappa shape index (κ2) is 5.98. The Kier molecular flexibility index (Phi) is 4.60. The molecule has 2 rings (SSSR count).